The SMILES string of the molecule is COc1ncc(NNC(=O)c2cc(Br)c(F)cc2F)cc1F. The van der Waals surface area contributed by atoms with E-state index in [1.54, 1.807) is 0 Å². The van der Waals surface area contributed by atoms with Crippen molar-refractivity contribution >= 4 is 27.5 Å². The van der Waals surface area contributed by atoms with Crippen molar-refractivity contribution < 1.29 is 22.7 Å². The Morgan fingerprint density at radius 3 is 2.55 bits per heavy atom. The average molecular weight is 376 g/mol. The molecule has 0 saturated heterocycles. The zero-order chi connectivity index (χ0) is 16.3. The summed E-state index contributed by atoms with van der Waals surface area (Å²) in [5.41, 5.74) is 4.24. The van der Waals surface area contributed by atoms with Gasteiger partial charge in [-0.2, -0.15) is 0 Å². The second-order valence-electron chi connectivity index (χ2n) is 4.04. The minimum atomic E-state index is -1.03. The van der Waals surface area contributed by atoms with Crippen molar-refractivity contribution in [1.29, 1.82) is 0 Å². The summed E-state index contributed by atoms with van der Waals surface area (Å²) in [4.78, 5) is 15.5. The molecule has 22 heavy (non-hydrogen) atoms. The molecule has 0 radical (unpaired) electrons. The van der Waals surface area contributed by atoms with Crippen LogP contribution in [0.3, 0.4) is 0 Å². The molecule has 1 amide bonds. The van der Waals surface area contributed by atoms with Crippen molar-refractivity contribution in [2.75, 3.05) is 12.5 Å². The first-order valence-electron chi connectivity index (χ1n) is 5.82. The molecule has 2 aromatic rings. The van der Waals surface area contributed by atoms with Gasteiger partial charge >= 0.3 is 0 Å². The molecule has 0 aliphatic carbocycles. The van der Waals surface area contributed by atoms with Crippen molar-refractivity contribution in [3.8, 4) is 5.88 Å². The number of hydrazine groups is 1. The minimum absolute atomic E-state index is 0.0591. The van der Waals surface area contributed by atoms with Gasteiger partial charge in [-0.15, -0.1) is 0 Å². The van der Waals surface area contributed by atoms with E-state index >= 15 is 0 Å². The van der Waals surface area contributed by atoms with Crippen molar-refractivity contribution in [2.45, 2.75) is 0 Å². The molecule has 5 nitrogen and oxygen atoms in total. The summed E-state index contributed by atoms with van der Waals surface area (Å²) in [6, 6.07) is 2.60. The second-order valence-corrected chi connectivity index (χ2v) is 4.89. The number of halogens is 4. The van der Waals surface area contributed by atoms with Gasteiger partial charge in [-0.05, 0) is 22.0 Å². The quantitative estimate of drug-likeness (QED) is 0.636. The lowest BCUT2D eigenvalue weighted by Gasteiger charge is -2.10. The minimum Gasteiger partial charge on any atom is -0.479 e. The number of rotatable bonds is 4. The van der Waals surface area contributed by atoms with E-state index in [9.17, 15) is 18.0 Å². The Balaban J connectivity index is 2.10. The Bertz CT molecular complexity index is 728. The first-order chi connectivity index (χ1) is 10.4. The number of hydrogen-bond donors (Lipinski definition) is 2. The topological polar surface area (TPSA) is 63.2 Å². The summed E-state index contributed by atoms with van der Waals surface area (Å²) in [6.45, 7) is 0. The fourth-order valence-electron chi connectivity index (χ4n) is 1.54. The van der Waals surface area contributed by atoms with Crippen LogP contribution in [0.5, 0.6) is 5.88 Å². The Morgan fingerprint density at radius 1 is 1.18 bits per heavy atom. The number of carbonyl (C=O) groups excluding carboxylic acids is 1. The number of methoxy groups -OCH3 is 1. The van der Waals surface area contributed by atoms with Gasteiger partial charge in [0.05, 0.1) is 29.0 Å². The monoisotopic (exact) mass is 375 g/mol. The molecule has 1 aromatic carbocycles. The summed E-state index contributed by atoms with van der Waals surface area (Å²) >= 11 is 2.85. The third-order valence-corrected chi connectivity index (χ3v) is 3.18. The highest BCUT2D eigenvalue weighted by atomic mass is 79.9. The zero-order valence-electron chi connectivity index (χ0n) is 11.1. The second kappa shape index (κ2) is 6.65. The van der Waals surface area contributed by atoms with Crippen LogP contribution in [0.15, 0.2) is 28.9 Å². The van der Waals surface area contributed by atoms with Gasteiger partial charge in [0.15, 0.2) is 5.82 Å². The van der Waals surface area contributed by atoms with Crippen molar-refractivity contribution in [2.24, 2.45) is 0 Å². The summed E-state index contributed by atoms with van der Waals surface area (Å²) < 4.78 is 44.6. The highest BCUT2D eigenvalue weighted by Gasteiger charge is 2.15. The normalized spacial score (nSPS) is 10.2. The molecule has 0 aliphatic rings. The molecule has 0 aliphatic heterocycles. The molecule has 1 aromatic heterocycles. The van der Waals surface area contributed by atoms with E-state index in [1.807, 2.05) is 0 Å². The molecule has 2 rings (SSSR count). The standard InChI is InChI=1S/C13H9BrF3N3O2/c1-22-13-11(17)2-6(5-18-13)19-20-12(21)7-3-8(14)10(16)4-9(7)15/h2-5,19H,1H3,(H,20,21). The van der Waals surface area contributed by atoms with E-state index in [1.165, 1.54) is 13.3 Å². The maximum absolute atomic E-state index is 13.5. The van der Waals surface area contributed by atoms with Gasteiger partial charge < -0.3 is 4.74 Å². The smallest absolute Gasteiger partial charge is 0.272 e. The Morgan fingerprint density at radius 2 is 1.91 bits per heavy atom. The average Bonchev–Trinajstić information content (AvgIpc) is 2.48. The van der Waals surface area contributed by atoms with Crippen LogP contribution in [0, 0.1) is 17.5 Å². The third kappa shape index (κ3) is 3.48. The van der Waals surface area contributed by atoms with Gasteiger partial charge in [0.1, 0.15) is 11.6 Å². The number of aromatic nitrogens is 1. The van der Waals surface area contributed by atoms with Crippen LogP contribution in [-0.4, -0.2) is 18.0 Å². The first kappa shape index (κ1) is 16.1. The fourth-order valence-corrected chi connectivity index (χ4v) is 1.88. The molecule has 0 saturated carbocycles. The van der Waals surface area contributed by atoms with E-state index in [-0.39, 0.29) is 21.6 Å². The molecular formula is C13H9BrF3N3O2. The number of amides is 1. The van der Waals surface area contributed by atoms with E-state index < -0.39 is 23.4 Å². The maximum Gasteiger partial charge on any atom is 0.272 e. The van der Waals surface area contributed by atoms with Gasteiger partial charge in [0.25, 0.3) is 5.91 Å². The van der Waals surface area contributed by atoms with Crippen LogP contribution >= 0.6 is 15.9 Å². The number of nitrogens with one attached hydrogen (secondary N) is 2. The number of ether oxygens (including phenoxy) is 1. The predicted molar refractivity (Wildman–Crippen MR) is 75.9 cm³/mol. The molecular weight excluding hydrogens is 367 g/mol. The van der Waals surface area contributed by atoms with Crippen molar-refractivity contribution in [3.63, 3.8) is 0 Å². The van der Waals surface area contributed by atoms with Crippen LogP contribution in [0.1, 0.15) is 10.4 Å². The Labute approximate surface area is 131 Å². The lowest BCUT2D eigenvalue weighted by atomic mass is 10.2. The fraction of sp³-hybridized carbons (Fsp3) is 0.0769. The van der Waals surface area contributed by atoms with Crippen LogP contribution in [0.4, 0.5) is 18.9 Å². The van der Waals surface area contributed by atoms with E-state index in [2.05, 4.69) is 36.5 Å². The molecule has 9 heteroatoms. The van der Waals surface area contributed by atoms with Gasteiger partial charge in [-0.1, -0.05) is 0 Å². The number of pyridine rings is 1. The number of anilines is 1. The first-order valence-corrected chi connectivity index (χ1v) is 6.62. The number of hydrogen-bond acceptors (Lipinski definition) is 4. The third-order valence-electron chi connectivity index (χ3n) is 2.58. The molecule has 1 heterocycles. The highest BCUT2D eigenvalue weighted by molar-refractivity contribution is 9.10. The van der Waals surface area contributed by atoms with Crippen LogP contribution in [0.25, 0.3) is 0 Å². The van der Waals surface area contributed by atoms with Crippen LogP contribution in [-0.2, 0) is 0 Å². The number of benzene rings is 1. The largest absolute Gasteiger partial charge is 0.479 e. The van der Waals surface area contributed by atoms with E-state index in [0.717, 1.165) is 12.1 Å². The summed E-state index contributed by atoms with van der Waals surface area (Å²) in [5.74, 6) is -3.67. The van der Waals surface area contributed by atoms with E-state index in [0.29, 0.717) is 6.07 Å². The van der Waals surface area contributed by atoms with Crippen LogP contribution < -0.4 is 15.6 Å². The molecule has 116 valence electrons. The lowest BCUT2D eigenvalue weighted by Crippen LogP contribution is -2.30. The highest BCUT2D eigenvalue weighted by Crippen LogP contribution is 2.20. The summed E-state index contributed by atoms with van der Waals surface area (Å²) in [6.07, 6.45) is 1.21. The van der Waals surface area contributed by atoms with Gasteiger partial charge in [0.2, 0.25) is 5.88 Å². The molecule has 0 spiro atoms. The van der Waals surface area contributed by atoms with Gasteiger partial charge in [0, 0.05) is 12.1 Å². The summed E-state index contributed by atoms with van der Waals surface area (Å²) in [5, 5.41) is 0. The molecule has 2 N–H and O–H groups in total. The van der Waals surface area contributed by atoms with Crippen molar-refractivity contribution in [1.82, 2.24) is 10.4 Å². The maximum atomic E-state index is 13.5. The van der Waals surface area contributed by atoms with E-state index in [4.69, 9.17) is 0 Å². The number of carbonyl (C=O) groups is 1. The predicted octanol–water partition coefficient (Wildman–Crippen LogP) is 3.03. The van der Waals surface area contributed by atoms with Crippen LogP contribution in [0.2, 0.25) is 0 Å². The zero-order valence-corrected chi connectivity index (χ0v) is 12.7. The molecule has 0 atom stereocenters. The number of nitrogens with zero attached hydrogens (tertiary/aromatic N) is 1. The summed E-state index contributed by atoms with van der Waals surface area (Å²) in [7, 11) is 1.26. The van der Waals surface area contributed by atoms with Gasteiger partial charge in [-0.3, -0.25) is 15.6 Å². The van der Waals surface area contributed by atoms with Crippen molar-refractivity contribution in [3.05, 3.63) is 51.9 Å². The molecule has 0 fully saturated rings. The lowest BCUT2D eigenvalue weighted by molar-refractivity contribution is 0.0958. The Hall–Kier alpha value is -2.29. The Kier molecular flexibility index (Phi) is 4.86. The molecule has 0 unspecified atom stereocenters. The van der Waals surface area contributed by atoms with Gasteiger partial charge in [-0.25, -0.2) is 18.2 Å². The molecule has 0 bridgehead atoms.